The number of ether oxygens (including phenoxy) is 1. The summed E-state index contributed by atoms with van der Waals surface area (Å²) in [5, 5.41) is 3.39. The van der Waals surface area contributed by atoms with Gasteiger partial charge in [-0.15, -0.1) is 11.8 Å². The van der Waals surface area contributed by atoms with Crippen LogP contribution in [-0.4, -0.2) is 35.7 Å². The molecular formula is C20H21N3O4S. The van der Waals surface area contributed by atoms with Crippen LogP contribution in [0.15, 0.2) is 53.4 Å². The van der Waals surface area contributed by atoms with Crippen LogP contribution in [0.4, 0.5) is 4.79 Å². The summed E-state index contributed by atoms with van der Waals surface area (Å²) in [5.41, 5.74) is 2.79. The van der Waals surface area contributed by atoms with Gasteiger partial charge in [0.25, 0.3) is 5.91 Å². The van der Waals surface area contributed by atoms with E-state index in [1.54, 1.807) is 38.3 Å². The first kappa shape index (κ1) is 19.8. The van der Waals surface area contributed by atoms with Crippen LogP contribution in [-0.2, 0) is 15.1 Å². The molecular weight excluding hydrogens is 378 g/mol. The second kappa shape index (κ2) is 7.93. The molecule has 0 radical (unpaired) electrons. The Morgan fingerprint density at radius 3 is 2.50 bits per heavy atom. The number of carbonyl (C=O) groups excluding carboxylic acids is 3. The Bertz CT molecular complexity index is 916. The lowest BCUT2D eigenvalue weighted by atomic mass is 9.92. The van der Waals surface area contributed by atoms with Crippen LogP contribution in [0.3, 0.4) is 0 Å². The van der Waals surface area contributed by atoms with Gasteiger partial charge in [-0.05, 0) is 43.2 Å². The maximum Gasteiger partial charge on any atom is 0.344 e. The molecule has 146 valence electrons. The maximum atomic E-state index is 12.8. The summed E-state index contributed by atoms with van der Waals surface area (Å²) >= 11 is 1.35. The highest BCUT2D eigenvalue weighted by Gasteiger charge is 2.50. The molecule has 0 unspecified atom stereocenters. The summed E-state index contributed by atoms with van der Waals surface area (Å²) in [7, 11) is 1.55. The molecule has 8 heteroatoms. The zero-order valence-corrected chi connectivity index (χ0v) is 16.6. The van der Waals surface area contributed by atoms with Crippen LogP contribution < -0.4 is 15.5 Å². The van der Waals surface area contributed by atoms with E-state index in [0.29, 0.717) is 11.3 Å². The fraction of sp³-hybridized carbons (Fsp3) is 0.250. The Hall–Kier alpha value is -3.00. The molecule has 0 saturated carbocycles. The quantitative estimate of drug-likeness (QED) is 0.576. The topological polar surface area (TPSA) is 87.7 Å². The largest absolute Gasteiger partial charge is 0.497 e. The van der Waals surface area contributed by atoms with Gasteiger partial charge >= 0.3 is 6.03 Å². The lowest BCUT2D eigenvalue weighted by molar-refractivity contribution is -0.138. The zero-order valence-electron chi connectivity index (χ0n) is 15.8. The van der Waals surface area contributed by atoms with Crippen molar-refractivity contribution in [1.29, 1.82) is 0 Å². The lowest BCUT2D eigenvalue weighted by Crippen LogP contribution is -2.48. The number of nitrogens with one attached hydrogen (secondary N) is 2. The van der Waals surface area contributed by atoms with Gasteiger partial charge in [0.2, 0.25) is 5.91 Å². The second-order valence-electron chi connectivity index (χ2n) is 6.51. The number of benzene rings is 2. The van der Waals surface area contributed by atoms with Gasteiger partial charge in [0.1, 0.15) is 11.3 Å². The number of hydrazine groups is 1. The van der Waals surface area contributed by atoms with Crippen molar-refractivity contribution in [1.82, 2.24) is 15.8 Å². The van der Waals surface area contributed by atoms with Crippen LogP contribution in [0.2, 0.25) is 0 Å². The number of hydrogen-bond acceptors (Lipinski definition) is 5. The van der Waals surface area contributed by atoms with E-state index in [-0.39, 0.29) is 5.75 Å². The number of hydrogen-bond donors (Lipinski definition) is 2. The number of imide groups is 1. The van der Waals surface area contributed by atoms with E-state index in [1.165, 1.54) is 11.8 Å². The molecule has 1 atom stereocenters. The van der Waals surface area contributed by atoms with Crippen LogP contribution in [0, 0.1) is 6.92 Å². The number of aryl methyl sites for hydroxylation is 1. The Balaban J connectivity index is 1.67. The van der Waals surface area contributed by atoms with Gasteiger partial charge in [-0.1, -0.05) is 30.3 Å². The van der Waals surface area contributed by atoms with Crippen molar-refractivity contribution >= 4 is 29.6 Å². The smallest absolute Gasteiger partial charge is 0.344 e. The van der Waals surface area contributed by atoms with Crippen molar-refractivity contribution in [2.75, 3.05) is 12.9 Å². The number of carbonyl (C=O) groups is 3. The average molecular weight is 399 g/mol. The Morgan fingerprint density at radius 1 is 1.18 bits per heavy atom. The van der Waals surface area contributed by atoms with Gasteiger partial charge in [0, 0.05) is 4.90 Å². The molecule has 1 saturated heterocycles. The molecule has 3 rings (SSSR count). The van der Waals surface area contributed by atoms with E-state index >= 15 is 0 Å². The van der Waals surface area contributed by atoms with Gasteiger partial charge in [-0.2, -0.15) is 5.01 Å². The third-order valence-corrected chi connectivity index (χ3v) is 5.72. The van der Waals surface area contributed by atoms with Crippen LogP contribution in [0.25, 0.3) is 0 Å². The fourth-order valence-corrected chi connectivity index (χ4v) is 3.70. The van der Waals surface area contributed by atoms with Crippen molar-refractivity contribution in [3.8, 4) is 5.75 Å². The highest BCUT2D eigenvalue weighted by molar-refractivity contribution is 8.00. The van der Waals surface area contributed by atoms with Gasteiger partial charge in [0.15, 0.2) is 0 Å². The van der Waals surface area contributed by atoms with Crippen molar-refractivity contribution in [2.45, 2.75) is 24.3 Å². The number of urea groups is 1. The lowest BCUT2D eigenvalue weighted by Gasteiger charge is -2.22. The molecule has 1 heterocycles. The Labute approximate surface area is 167 Å². The maximum absolute atomic E-state index is 12.8. The number of thioether (sulfide) groups is 1. The molecule has 1 aliphatic heterocycles. The molecule has 2 aromatic rings. The zero-order chi connectivity index (χ0) is 20.3. The summed E-state index contributed by atoms with van der Waals surface area (Å²) in [4.78, 5) is 38.4. The van der Waals surface area contributed by atoms with Gasteiger partial charge in [0.05, 0.1) is 12.9 Å². The predicted molar refractivity (Wildman–Crippen MR) is 106 cm³/mol. The summed E-state index contributed by atoms with van der Waals surface area (Å²) in [6.45, 7) is 3.56. The fourth-order valence-electron chi connectivity index (χ4n) is 2.88. The predicted octanol–water partition coefficient (Wildman–Crippen LogP) is 2.59. The standard InChI is InChI=1S/C20H21N3O4S/c1-13-6-4-5-7-16(13)28-12-17(24)22-23-18(25)20(2,21-19(23)26)14-8-10-15(27-3)11-9-14/h4-11H,12H2,1-3H3,(H,21,26)(H,22,24)/t20-/m1/s1. The summed E-state index contributed by atoms with van der Waals surface area (Å²) in [6, 6.07) is 13.8. The highest BCUT2D eigenvalue weighted by atomic mass is 32.2. The van der Waals surface area contributed by atoms with Crippen LogP contribution in [0.5, 0.6) is 5.75 Å². The van der Waals surface area contributed by atoms with Gasteiger partial charge in [-0.3, -0.25) is 15.0 Å². The summed E-state index contributed by atoms with van der Waals surface area (Å²) in [5.74, 6) is -0.253. The first-order chi connectivity index (χ1) is 13.3. The van der Waals surface area contributed by atoms with E-state index < -0.39 is 23.4 Å². The minimum Gasteiger partial charge on any atom is -0.497 e. The molecule has 1 aliphatic rings. The van der Waals surface area contributed by atoms with E-state index in [9.17, 15) is 14.4 Å². The number of rotatable bonds is 6. The minimum absolute atomic E-state index is 0.0845. The summed E-state index contributed by atoms with van der Waals surface area (Å²) < 4.78 is 5.12. The SMILES string of the molecule is COc1ccc([C@@]2(C)NC(=O)N(NC(=O)CSc3ccccc3C)C2=O)cc1. The van der Waals surface area contributed by atoms with Crippen molar-refractivity contribution in [2.24, 2.45) is 0 Å². The van der Waals surface area contributed by atoms with Crippen LogP contribution in [0.1, 0.15) is 18.1 Å². The van der Waals surface area contributed by atoms with Crippen molar-refractivity contribution < 1.29 is 19.1 Å². The third-order valence-electron chi connectivity index (χ3n) is 4.55. The average Bonchev–Trinajstić information content (AvgIpc) is 2.91. The second-order valence-corrected chi connectivity index (χ2v) is 7.53. The first-order valence-electron chi connectivity index (χ1n) is 8.64. The van der Waals surface area contributed by atoms with Crippen molar-refractivity contribution in [3.05, 3.63) is 59.7 Å². The monoisotopic (exact) mass is 399 g/mol. The highest BCUT2D eigenvalue weighted by Crippen LogP contribution is 2.29. The van der Waals surface area contributed by atoms with E-state index in [4.69, 9.17) is 4.74 Å². The number of methoxy groups -OCH3 is 1. The molecule has 0 aliphatic carbocycles. The number of amides is 4. The van der Waals surface area contributed by atoms with E-state index in [2.05, 4.69) is 10.7 Å². The molecule has 0 bridgehead atoms. The molecule has 0 aromatic heterocycles. The number of nitrogens with zero attached hydrogens (tertiary/aromatic N) is 1. The molecule has 2 aromatic carbocycles. The summed E-state index contributed by atoms with van der Waals surface area (Å²) in [6.07, 6.45) is 0. The van der Waals surface area contributed by atoms with Gasteiger partial charge in [-0.25, -0.2) is 4.79 Å². The molecule has 4 amide bonds. The van der Waals surface area contributed by atoms with Crippen molar-refractivity contribution in [3.63, 3.8) is 0 Å². The molecule has 1 fully saturated rings. The molecule has 7 nitrogen and oxygen atoms in total. The normalized spacial score (nSPS) is 18.8. The Morgan fingerprint density at radius 2 is 1.86 bits per heavy atom. The minimum atomic E-state index is -1.26. The molecule has 2 N–H and O–H groups in total. The molecule has 0 spiro atoms. The van der Waals surface area contributed by atoms with E-state index in [1.807, 2.05) is 31.2 Å². The first-order valence-corrected chi connectivity index (χ1v) is 9.63. The Kier molecular flexibility index (Phi) is 5.60. The van der Waals surface area contributed by atoms with Gasteiger partial charge < -0.3 is 10.1 Å². The molecule has 28 heavy (non-hydrogen) atoms. The van der Waals surface area contributed by atoms with E-state index in [0.717, 1.165) is 15.5 Å². The van der Waals surface area contributed by atoms with Crippen LogP contribution >= 0.6 is 11.8 Å². The third kappa shape index (κ3) is 3.82.